The first-order valence-corrected chi connectivity index (χ1v) is 7.33. The third-order valence-electron chi connectivity index (χ3n) is 3.69. The summed E-state index contributed by atoms with van der Waals surface area (Å²) in [5.74, 6) is -1.40. The minimum Gasteiger partial charge on any atom is -0.481 e. The number of anilines is 1. The van der Waals surface area contributed by atoms with Gasteiger partial charge >= 0.3 is 5.97 Å². The maximum absolute atomic E-state index is 12.4. The van der Waals surface area contributed by atoms with Gasteiger partial charge in [0.25, 0.3) is 0 Å². The van der Waals surface area contributed by atoms with E-state index in [0.29, 0.717) is 25.4 Å². The van der Waals surface area contributed by atoms with Crippen molar-refractivity contribution < 1.29 is 14.7 Å². The highest BCUT2D eigenvalue weighted by Crippen LogP contribution is 2.30. The Bertz CT molecular complexity index is 528. The van der Waals surface area contributed by atoms with E-state index < -0.39 is 11.9 Å². The predicted molar refractivity (Wildman–Crippen MR) is 81.4 cm³/mol. The van der Waals surface area contributed by atoms with Gasteiger partial charge < -0.3 is 15.3 Å². The van der Waals surface area contributed by atoms with Crippen LogP contribution in [-0.2, 0) is 16.0 Å². The predicted octanol–water partition coefficient (Wildman–Crippen LogP) is 1.66. The van der Waals surface area contributed by atoms with Gasteiger partial charge in [0, 0.05) is 31.2 Å². The highest BCUT2D eigenvalue weighted by Gasteiger charge is 2.31. The second-order valence-corrected chi connectivity index (χ2v) is 5.73. The molecule has 0 bridgehead atoms. The van der Waals surface area contributed by atoms with Gasteiger partial charge in [0.1, 0.15) is 0 Å². The van der Waals surface area contributed by atoms with E-state index in [4.69, 9.17) is 0 Å². The highest BCUT2D eigenvalue weighted by molar-refractivity contribution is 5.95. The van der Waals surface area contributed by atoms with Crippen LogP contribution >= 0.6 is 0 Å². The lowest BCUT2D eigenvalue weighted by Gasteiger charge is -2.33. The molecule has 1 atom stereocenters. The summed E-state index contributed by atoms with van der Waals surface area (Å²) in [6, 6.07) is 7.88. The molecule has 1 aromatic carbocycles. The molecule has 5 heteroatoms. The van der Waals surface area contributed by atoms with Crippen molar-refractivity contribution in [2.45, 2.75) is 32.7 Å². The van der Waals surface area contributed by atoms with Crippen LogP contribution in [0.3, 0.4) is 0 Å². The number of carbonyl (C=O) groups is 2. The number of aliphatic carboxylic acids is 1. The van der Waals surface area contributed by atoms with Gasteiger partial charge in [-0.3, -0.25) is 9.59 Å². The minimum absolute atomic E-state index is 0.0263. The topological polar surface area (TPSA) is 69.6 Å². The van der Waals surface area contributed by atoms with E-state index in [1.165, 1.54) is 0 Å². The molecule has 1 unspecified atom stereocenters. The number of hydrogen-bond donors (Lipinski definition) is 2. The van der Waals surface area contributed by atoms with Crippen LogP contribution in [0, 0.1) is 5.92 Å². The number of carboxylic acids is 1. The van der Waals surface area contributed by atoms with Crippen LogP contribution in [0.15, 0.2) is 24.3 Å². The average molecular weight is 290 g/mol. The molecular formula is C16H22N2O3. The Hall–Kier alpha value is -1.88. The summed E-state index contributed by atoms with van der Waals surface area (Å²) >= 11 is 0. The molecule has 5 nitrogen and oxygen atoms in total. The standard InChI is InChI=1S/C16H22N2O3/c1-11(2)17-8-7-15(19)18-10-13(16(20)21)9-12-5-3-4-6-14(12)18/h3-6,11,13,17H,7-10H2,1-2H3,(H,20,21). The molecule has 1 heterocycles. The number of rotatable bonds is 5. The Labute approximate surface area is 125 Å². The third kappa shape index (κ3) is 3.82. The SMILES string of the molecule is CC(C)NCCC(=O)N1CC(C(=O)O)Cc2ccccc21. The summed E-state index contributed by atoms with van der Waals surface area (Å²) in [7, 11) is 0. The van der Waals surface area contributed by atoms with E-state index in [1.807, 2.05) is 38.1 Å². The molecular weight excluding hydrogens is 268 g/mol. The maximum atomic E-state index is 12.4. The molecule has 2 N–H and O–H groups in total. The molecule has 0 saturated carbocycles. The van der Waals surface area contributed by atoms with E-state index in [2.05, 4.69) is 5.32 Å². The van der Waals surface area contributed by atoms with Crippen LogP contribution in [0.2, 0.25) is 0 Å². The number of nitrogens with zero attached hydrogens (tertiary/aromatic N) is 1. The monoisotopic (exact) mass is 290 g/mol. The number of hydrogen-bond acceptors (Lipinski definition) is 3. The lowest BCUT2D eigenvalue weighted by molar-refractivity contribution is -0.141. The molecule has 0 radical (unpaired) electrons. The van der Waals surface area contributed by atoms with E-state index >= 15 is 0 Å². The summed E-state index contributed by atoms with van der Waals surface area (Å²) in [5, 5.41) is 12.5. The first kappa shape index (κ1) is 15.5. The van der Waals surface area contributed by atoms with Gasteiger partial charge in [-0.1, -0.05) is 32.0 Å². The summed E-state index contributed by atoms with van der Waals surface area (Å²) in [5.41, 5.74) is 1.78. The average Bonchev–Trinajstić information content (AvgIpc) is 2.45. The number of carbonyl (C=O) groups excluding carboxylic acids is 1. The molecule has 2 rings (SSSR count). The van der Waals surface area contributed by atoms with Crippen LogP contribution in [0.1, 0.15) is 25.8 Å². The van der Waals surface area contributed by atoms with Crippen molar-refractivity contribution in [1.82, 2.24) is 5.32 Å². The smallest absolute Gasteiger partial charge is 0.308 e. The van der Waals surface area contributed by atoms with Gasteiger partial charge in [0.05, 0.1) is 5.92 Å². The fourth-order valence-electron chi connectivity index (χ4n) is 2.60. The van der Waals surface area contributed by atoms with Crippen LogP contribution < -0.4 is 10.2 Å². The Morgan fingerprint density at radius 3 is 2.76 bits per heavy atom. The minimum atomic E-state index is -0.845. The second-order valence-electron chi connectivity index (χ2n) is 5.73. The van der Waals surface area contributed by atoms with Crippen molar-refractivity contribution in [1.29, 1.82) is 0 Å². The summed E-state index contributed by atoms with van der Waals surface area (Å²) in [6.45, 7) is 4.92. The fraction of sp³-hybridized carbons (Fsp3) is 0.500. The molecule has 0 aliphatic carbocycles. The molecule has 1 amide bonds. The maximum Gasteiger partial charge on any atom is 0.308 e. The molecule has 1 aliphatic rings. The second kappa shape index (κ2) is 6.72. The molecule has 0 fully saturated rings. The highest BCUT2D eigenvalue weighted by atomic mass is 16.4. The molecule has 1 aromatic rings. The van der Waals surface area contributed by atoms with Gasteiger partial charge in [0.2, 0.25) is 5.91 Å². The number of fused-ring (bicyclic) bond motifs is 1. The summed E-state index contributed by atoms with van der Waals surface area (Å²) in [4.78, 5) is 25.3. The molecule has 0 aromatic heterocycles. The van der Waals surface area contributed by atoms with E-state index in [-0.39, 0.29) is 12.5 Å². The van der Waals surface area contributed by atoms with Crippen LogP contribution in [-0.4, -0.2) is 36.1 Å². The van der Waals surface area contributed by atoms with Crippen molar-refractivity contribution in [2.24, 2.45) is 5.92 Å². The first-order valence-electron chi connectivity index (χ1n) is 7.33. The van der Waals surface area contributed by atoms with Gasteiger partial charge in [-0.25, -0.2) is 0 Å². The number of nitrogens with one attached hydrogen (secondary N) is 1. The van der Waals surface area contributed by atoms with Crippen molar-refractivity contribution in [3.05, 3.63) is 29.8 Å². The molecule has 114 valence electrons. The zero-order valence-electron chi connectivity index (χ0n) is 12.5. The molecule has 0 spiro atoms. The zero-order chi connectivity index (χ0) is 15.4. The van der Waals surface area contributed by atoms with Gasteiger partial charge in [-0.15, -0.1) is 0 Å². The fourth-order valence-corrected chi connectivity index (χ4v) is 2.60. The Balaban J connectivity index is 2.13. The quantitative estimate of drug-likeness (QED) is 0.865. The van der Waals surface area contributed by atoms with Crippen molar-refractivity contribution in [3.63, 3.8) is 0 Å². The Morgan fingerprint density at radius 2 is 2.10 bits per heavy atom. The number of carboxylic acid groups (broad SMARTS) is 1. The molecule has 0 saturated heterocycles. The third-order valence-corrected chi connectivity index (χ3v) is 3.69. The number of benzene rings is 1. The largest absolute Gasteiger partial charge is 0.481 e. The van der Waals surface area contributed by atoms with Gasteiger partial charge in [-0.05, 0) is 18.1 Å². The van der Waals surface area contributed by atoms with Crippen molar-refractivity contribution >= 4 is 17.6 Å². The van der Waals surface area contributed by atoms with Gasteiger partial charge in [-0.2, -0.15) is 0 Å². The van der Waals surface area contributed by atoms with Crippen LogP contribution in [0.4, 0.5) is 5.69 Å². The normalized spacial score (nSPS) is 17.7. The van der Waals surface area contributed by atoms with Crippen LogP contribution in [0.25, 0.3) is 0 Å². The van der Waals surface area contributed by atoms with E-state index in [1.54, 1.807) is 4.90 Å². The Kier molecular flexibility index (Phi) is 4.96. The molecule has 21 heavy (non-hydrogen) atoms. The number of para-hydroxylation sites is 1. The first-order chi connectivity index (χ1) is 9.99. The lowest BCUT2D eigenvalue weighted by atomic mass is 9.92. The van der Waals surface area contributed by atoms with Gasteiger partial charge in [0.15, 0.2) is 0 Å². The Morgan fingerprint density at radius 1 is 1.38 bits per heavy atom. The molecule has 1 aliphatic heterocycles. The van der Waals surface area contributed by atoms with Crippen molar-refractivity contribution in [3.8, 4) is 0 Å². The van der Waals surface area contributed by atoms with Crippen LogP contribution in [0.5, 0.6) is 0 Å². The summed E-state index contributed by atoms with van der Waals surface area (Å²) < 4.78 is 0. The lowest BCUT2D eigenvalue weighted by Crippen LogP contribution is -2.43. The zero-order valence-corrected chi connectivity index (χ0v) is 12.5. The number of amides is 1. The van der Waals surface area contributed by atoms with E-state index in [9.17, 15) is 14.7 Å². The van der Waals surface area contributed by atoms with E-state index in [0.717, 1.165) is 11.3 Å². The van der Waals surface area contributed by atoms with Crippen molar-refractivity contribution in [2.75, 3.05) is 18.0 Å². The summed E-state index contributed by atoms with van der Waals surface area (Å²) in [6.07, 6.45) is 0.860.